The van der Waals surface area contributed by atoms with Crippen LogP contribution in [0.1, 0.15) is 11.5 Å². The Bertz CT molecular complexity index is 989. The molecule has 0 aliphatic carbocycles. The quantitative estimate of drug-likeness (QED) is 0.458. The summed E-state index contributed by atoms with van der Waals surface area (Å²) in [5.74, 6) is 0.868. The Labute approximate surface area is 155 Å². The third kappa shape index (κ3) is 3.21. The van der Waals surface area contributed by atoms with Gasteiger partial charge in [-0.05, 0) is 18.2 Å². The summed E-state index contributed by atoms with van der Waals surface area (Å²) in [7, 11) is 0. The summed E-state index contributed by atoms with van der Waals surface area (Å²) in [6.07, 6.45) is 2.59. The molecule has 0 radical (unpaired) electrons. The topological polar surface area (TPSA) is 44.5 Å². The molecule has 2 aromatic heterocycles. The summed E-state index contributed by atoms with van der Waals surface area (Å²) >= 11 is 12.7. The second kappa shape index (κ2) is 6.79. The average Bonchev–Trinajstić information content (AvgIpc) is 3.28. The Hall–Kier alpha value is -2.49. The van der Waals surface area contributed by atoms with E-state index in [4.69, 9.17) is 28.2 Å². The van der Waals surface area contributed by atoms with Crippen LogP contribution >= 0.6 is 23.2 Å². The summed E-state index contributed by atoms with van der Waals surface area (Å²) in [6, 6.07) is 19.7. The number of hydrogen-bond acceptors (Lipinski definition) is 1. The number of nitrogens with one attached hydrogen (secondary N) is 2. The van der Waals surface area contributed by atoms with E-state index < -0.39 is 0 Å². The van der Waals surface area contributed by atoms with Crippen LogP contribution < -0.4 is 0 Å². The highest BCUT2D eigenvalue weighted by atomic mass is 35.5. The van der Waals surface area contributed by atoms with Crippen molar-refractivity contribution in [3.63, 3.8) is 0 Å². The van der Waals surface area contributed by atoms with Crippen molar-refractivity contribution >= 4 is 23.2 Å². The van der Waals surface area contributed by atoms with Crippen molar-refractivity contribution < 1.29 is 0 Å². The van der Waals surface area contributed by atoms with Gasteiger partial charge in [-0.2, -0.15) is 0 Å². The second-order valence-corrected chi connectivity index (χ2v) is 6.53. The normalized spacial score (nSPS) is 11.0. The van der Waals surface area contributed by atoms with Gasteiger partial charge in [0, 0.05) is 29.4 Å². The molecule has 0 aliphatic heterocycles. The molecule has 0 aliphatic rings. The molecule has 4 aromatic rings. The monoisotopic (exact) mass is 367 g/mol. The lowest BCUT2D eigenvalue weighted by Gasteiger charge is -2.06. The minimum Gasteiger partial charge on any atom is -0.365 e. The highest BCUT2D eigenvalue weighted by molar-refractivity contribution is 6.43. The molecule has 124 valence electrons. The van der Waals surface area contributed by atoms with Gasteiger partial charge in [-0.15, -0.1) is 0 Å². The third-order valence-electron chi connectivity index (χ3n) is 4.04. The van der Waals surface area contributed by atoms with Crippen molar-refractivity contribution in [2.75, 3.05) is 0 Å². The molecule has 0 saturated carbocycles. The van der Waals surface area contributed by atoms with Crippen LogP contribution in [0.25, 0.3) is 22.5 Å². The molecule has 2 heterocycles. The molecular formula is C20H15Cl2N3. The van der Waals surface area contributed by atoms with E-state index in [0.29, 0.717) is 16.5 Å². The van der Waals surface area contributed by atoms with E-state index in [9.17, 15) is 0 Å². The van der Waals surface area contributed by atoms with Gasteiger partial charge in [0.25, 0.3) is 0 Å². The zero-order valence-corrected chi connectivity index (χ0v) is 14.8. The van der Waals surface area contributed by atoms with Crippen LogP contribution in [0.15, 0.2) is 66.9 Å². The second-order valence-electron chi connectivity index (χ2n) is 5.75. The number of benzene rings is 2. The van der Waals surface area contributed by atoms with Crippen molar-refractivity contribution in [2.45, 2.75) is 6.42 Å². The molecule has 0 fully saturated rings. The third-order valence-corrected chi connectivity index (χ3v) is 4.86. The van der Waals surface area contributed by atoms with Crippen molar-refractivity contribution in [3.8, 4) is 22.5 Å². The predicted molar refractivity (Wildman–Crippen MR) is 103 cm³/mol. The standard InChI is InChI=1S/C20H15Cl2N3/c21-16-10-4-9-15(18(16)22)20-19(13-6-2-1-3-7-13)24-17(25-20)12-14-8-5-11-23-14/h1-11,23H,12H2,(H,24,25). The van der Waals surface area contributed by atoms with E-state index in [2.05, 4.69) is 9.97 Å². The number of imidazole rings is 1. The number of aromatic nitrogens is 3. The molecule has 0 unspecified atom stereocenters. The van der Waals surface area contributed by atoms with Crippen molar-refractivity contribution in [3.05, 3.63) is 88.4 Å². The number of H-pyrrole nitrogens is 2. The van der Waals surface area contributed by atoms with Crippen molar-refractivity contribution in [1.29, 1.82) is 0 Å². The SMILES string of the molecule is Clc1cccc(-c2nc(Cc3ccc[nH]3)[nH]c2-c2ccccc2)c1Cl. The van der Waals surface area contributed by atoms with E-state index in [1.54, 1.807) is 6.07 Å². The Morgan fingerprint density at radius 3 is 2.48 bits per heavy atom. The van der Waals surface area contributed by atoms with Gasteiger partial charge >= 0.3 is 0 Å². The molecule has 2 N–H and O–H groups in total. The lowest BCUT2D eigenvalue weighted by molar-refractivity contribution is 0.993. The fraction of sp³-hybridized carbons (Fsp3) is 0.0500. The maximum atomic E-state index is 6.45. The maximum Gasteiger partial charge on any atom is 0.113 e. The van der Waals surface area contributed by atoms with Crippen LogP contribution in [0.4, 0.5) is 0 Å². The van der Waals surface area contributed by atoms with Crippen molar-refractivity contribution in [1.82, 2.24) is 15.0 Å². The van der Waals surface area contributed by atoms with Gasteiger partial charge in [0.2, 0.25) is 0 Å². The molecular weight excluding hydrogens is 353 g/mol. The molecule has 0 bridgehead atoms. The summed E-state index contributed by atoms with van der Waals surface area (Å²) < 4.78 is 0. The first kappa shape index (κ1) is 16.0. The number of aromatic amines is 2. The van der Waals surface area contributed by atoms with Gasteiger partial charge in [-0.1, -0.05) is 65.7 Å². The Morgan fingerprint density at radius 1 is 0.880 bits per heavy atom. The Morgan fingerprint density at radius 2 is 1.72 bits per heavy atom. The largest absolute Gasteiger partial charge is 0.365 e. The summed E-state index contributed by atoms with van der Waals surface area (Å²) in [5, 5.41) is 1.03. The van der Waals surface area contributed by atoms with E-state index in [-0.39, 0.29) is 0 Å². The lowest BCUT2D eigenvalue weighted by Crippen LogP contribution is -1.90. The molecule has 4 rings (SSSR count). The van der Waals surface area contributed by atoms with E-state index in [1.165, 1.54) is 0 Å². The molecule has 0 atom stereocenters. The summed E-state index contributed by atoms with van der Waals surface area (Å²) in [4.78, 5) is 11.5. The zero-order valence-electron chi connectivity index (χ0n) is 13.3. The molecule has 2 aromatic carbocycles. The van der Waals surface area contributed by atoms with Gasteiger partial charge in [0.1, 0.15) is 5.82 Å². The summed E-state index contributed by atoms with van der Waals surface area (Å²) in [5.41, 5.74) is 4.71. The zero-order chi connectivity index (χ0) is 17.2. The maximum absolute atomic E-state index is 6.45. The first-order valence-electron chi connectivity index (χ1n) is 7.93. The van der Waals surface area contributed by atoms with Gasteiger partial charge in [-0.3, -0.25) is 0 Å². The van der Waals surface area contributed by atoms with Crippen LogP contribution in [0.3, 0.4) is 0 Å². The fourth-order valence-corrected chi connectivity index (χ4v) is 3.25. The van der Waals surface area contributed by atoms with Gasteiger partial charge < -0.3 is 9.97 Å². The highest BCUT2D eigenvalue weighted by Gasteiger charge is 2.17. The Balaban J connectivity index is 1.86. The minimum absolute atomic E-state index is 0.513. The van der Waals surface area contributed by atoms with Crippen LogP contribution in [0.2, 0.25) is 10.0 Å². The highest BCUT2D eigenvalue weighted by Crippen LogP contribution is 2.37. The molecule has 3 nitrogen and oxygen atoms in total. The number of rotatable bonds is 4. The van der Waals surface area contributed by atoms with Crippen LogP contribution in [-0.4, -0.2) is 15.0 Å². The first-order valence-corrected chi connectivity index (χ1v) is 8.69. The van der Waals surface area contributed by atoms with Crippen LogP contribution in [-0.2, 0) is 6.42 Å². The van der Waals surface area contributed by atoms with E-state index in [1.807, 2.05) is 60.8 Å². The van der Waals surface area contributed by atoms with Gasteiger partial charge in [0.15, 0.2) is 0 Å². The van der Waals surface area contributed by atoms with Crippen LogP contribution in [0.5, 0.6) is 0 Å². The number of nitrogens with zero attached hydrogens (tertiary/aromatic N) is 1. The molecule has 5 heteroatoms. The molecule has 0 saturated heterocycles. The predicted octanol–water partition coefficient (Wildman–Crippen LogP) is 5.97. The molecule has 25 heavy (non-hydrogen) atoms. The molecule has 0 amide bonds. The van der Waals surface area contributed by atoms with Gasteiger partial charge in [0.05, 0.1) is 21.4 Å². The van der Waals surface area contributed by atoms with Crippen molar-refractivity contribution in [2.24, 2.45) is 0 Å². The average molecular weight is 368 g/mol. The number of hydrogen-bond donors (Lipinski definition) is 2. The lowest BCUT2D eigenvalue weighted by atomic mass is 10.1. The summed E-state index contributed by atoms with van der Waals surface area (Å²) in [6.45, 7) is 0. The fourth-order valence-electron chi connectivity index (χ4n) is 2.86. The van der Waals surface area contributed by atoms with E-state index >= 15 is 0 Å². The van der Waals surface area contributed by atoms with Gasteiger partial charge in [-0.25, -0.2) is 4.98 Å². The molecule has 0 spiro atoms. The minimum atomic E-state index is 0.513. The Kier molecular flexibility index (Phi) is 4.35. The van der Waals surface area contributed by atoms with Crippen LogP contribution in [0, 0.1) is 0 Å². The number of halogens is 2. The smallest absolute Gasteiger partial charge is 0.113 e. The van der Waals surface area contributed by atoms with E-state index in [0.717, 1.165) is 34.0 Å². The first-order chi connectivity index (χ1) is 12.2.